The van der Waals surface area contributed by atoms with Crippen LogP contribution >= 0.6 is 0 Å². The minimum atomic E-state index is -0.950. The van der Waals surface area contributed by atoms with Crippen molar-refractivity contribution in [3.63, 3.8) is 0 Å². The molecule has 2 amide bonds. The molecule has 7 heteroatoms. The van der Waals surface area contributed by atoms with Gasteiger partial charge in [0.1, 0.15) is 11.8 Å². The van der Waals surface area contributed by atoms with Gasteiger partial charge in [0.25, 0.3) is 0 Å². The highest BCUT2D eigenvalue weighted by atomic mass is 16.5. The van der Waals surface area contributed by atoms with Gasteiger partial charge in [-0.25, -0.2) is 0 Å². The van der Waals surface area contributed by atoms with Crippen LogP contribution in [0.1, 0.15) is 68.5 Å². The van der Waals surface area contributed by atoms with Gasteiger partial charge in [0.05, 0.1) is 7.11 Å². The number of amides is 2. The number of carbonyl (C=O) groups is 3. The zero-order chi connectivity index (χ0) is 24.5. The number of carbonyl (C=O) groups excluding carboxylic acids is 2. The molecule has 0 aromatic heterocycles. The molecule has 1 aliphatic carbocycles. The van der Waals surface area contributed by atoms with Crippen molar-refractivity contribution in [3.8, 4) is 5.75 Å². The highest BCUT2D eigenvalue weighted by molar-refractivity contribution is 6.01. The second-order valence-corrected chi connectivity index (χ2v) is 8.87. The molecule has 1 saturated carbocycles. The Hall–Kier alpha value is -3.35. The monoisotopic (exact) mass is 466 g/mol. The van der Waals surface area contributed by atoms with Crippen LogP contribution in [0.2, 0.25) is 0 Å². The standard InChI is InChI=1S/C27H34N2O5/c1-19-11-13-20(14-12-19)26(27(33)28-21-7-4-3-5-8-21)29(24(30)9-6-10-25(31)32)22-15-17-23(34-2)18-16-22/h11-18,21,26H,3-10H2,1-2H3,(H,28,33)(H,31,32). The second-order valence-electron chi connectivity index (χ2n) is 8.87. The summed E-state index contributed by atoms with van der Waals surface area (Å²) < 4.78 is 5.26. The number of nitrogens with zero attached hydrogens (tertiary/aromatic N) is 1. The van der Waals surface area contributed by atoms with Crippen molar-refractivity contribution in [2.45, 2.75) is 70.4 Å². The SMILES string of the molecule is COc1ccc(N(C(=O)CCCC(=O)O)C(C(=O)NC2CCCCC2)c2ccc(C)cc2)cc1. The number of anilines is 1. The largest absolute Gasteiger partial charge is 0.497 e. The van der Waals surface area contributed by atoms with Gasteiger partial charge in [0.2, 0.25) is 11.8 Å². The van der Waals surface area contributed by atoms with E-state index in [0.717, 1.165) is 31.2 Å². The van der Waals surface area contributed by atoms with Gasteiger partial charge in [-0.2, -0.15) is 0 Å². The molecular formula is C27H34N2O5. The van der Waals surface area contributed by atoms with Crippen molar-refractivity contribution in [3.05, 3.63) is 59.7 Å². The Morgan fingerprint density at radius 3 is 2.24 bits per heavy atom. The number of methoxy groups -OCH3 is 1. The fraction of sp³-hybridized carbons (Fsp3) is 0.444. The Bertz CT molecular complexity index is 966. The minimum Gasteiger partial charge on any atom is -0.497 e. The van der Waals surface area contributed by atoms with Crippen LogP contribution in [0, 0.1) is 6.92 Å². The third-order valence-electron chi connectivity index (χ3n) is 6.25. The van der Waals surface area contributed by atoms with Gasteiger partial charge in [-0.15, -0.1) is 0 Å². The lowest BCUT2D eigenvalue weighted by molar-refractivity contribution is -0.137. The van der Waals surface area contributed by atoms with E-state index in [0.29, 0.717) is 17.0 Å². The van der Waals surface area contributed by atoms with Crippen LogP contribution in [-0.2, 0) is 14.4 Å². The average molecular weight is 467 g/mol. The number of carboxylic acids is 1. The molecule has 1 fully saturated rings. The van der Waals surface area contributed by atoms with E-state index in [-0.39, 0.29) is 37.1 Å². The fourth-order valence-corrected chi connectivity index (χ4v) is 4.38. The van der Waals surface area contributed by atoms with Gasteiger partial charge in [-0.05, 0) is 56.0 Å². The summed E-state index contributed by atoms with van der Waals surface area (Å²) in [5.74, 6) is -0.830. The molecule has 2 N–H and O–H groups in total. The zero-order valence-corrected chi connectivity index (χ0v) is 20.0. The Kier molecular flexibility index (Phi) is 9.08. The van der Waals surface area contributed by atoms with Crippen LogP contribution in [0.25, 0.3) is 0 Å². The second kappa shape index (κ2) is 12.2. The summed E-state index contributed by atoms with van der Waals surface area (Å²) in [6.45, 7) is 1.97. The maximum Gasteiger partial charge on any atom is 0.303 e. The van der Waals surface area contributed by atoms with Crippen molar-refractivity contribution >= 4 is 23.5 Å². The van der Waals surface area contributed by atoms with Crippen LogP contribution in [0.4, 0.5) is 5.69 Å². The summed E-state index contributed by atoms with van der Waals surface area (Å²) in [7, 11) is 1.57. The first-order valence-corrected chi connectivity index (χ1v) is 11.9. The number of rotatable bonds is 10. The summed E-state index contributed by atoms with van der Waals surface area (Å²) in [4.78, 5) is 39.7. The van der Waals surface area contributed by atoms with Gasteiger partial charge in [0.15, 0.2) is 0 Å². The summed E-state index contributed by atoms with van der Waals surface area (Å²) in [6.07, 6.45) is 5.32. The number of ether oxygens (including phenoxy) is 1. The van der Waals surface area contributed by atoms with Gasteiger partial charge in [0, 0.05) is 24.6 Å². The number of hydrogen-bond donors (Lipinski definition) is 2. The smallest absolute Gasteiger partial charge is 0.303 e. The van der Waals surface area contributed by atoms with Crippen LogP contribution in [0.15, 0.2) is 48.5 Å². The van der Waals surface area contributed by atoms with Crippen molar-refractivity contribution in [2.24, 2.45) is 0 Å². The van der Waals surface area contributed by atoms with Crippen molar-refractivity contribution < 1.29 is 24.2 Å². The quantitative estimate of drug-likeness (QED) is 0.525. The van der Waals surface area contributed by atoms with Gasteiger partial charge >= 0.3 is 5.97 Å². The number of aliphatic carboxylic acids is 1. The van der Waals surface area contributed by atoms with E-state index in [2.05, 4.69) is 5.32 Å². The molecule has 1 unspecified atom stereocenters. The zero-order valence-electron chi connectivity index (χ0n) is 20.0. The molecule has 3 rings (SSSR count). The first-order valence-electron chi connectivity index (χ1n) is 11.9. The lowest BCUT2D eigenvalue weighted by atomic mass is 9.94. The molecule has 2 aromatic rings. The molecule has 34 heavy (non-hydrogen) atoms. The van der Waals surface area contributed by atoms with Crippen LogP contribution in [0.5, 0.6) is 5.75 Å². The molecule has 0 heterocycles. The van der Waals surface area contributed by atoms with E-state index in [9.17, 15) is 14.4 Å². The lowest BCUT2D eigenvalue weighted by Gasteiger charge is -2.33. The van der Waals surface area contributed by atoms with E-state index < -0.39 is 12.0 Å². The number of aryl methyl sites for hydroxylation is 1. The first kappa shape index (κ1) is 25.3. The maximum atomic E-state index is 13.7. The average Bonchev–Trinajstić information content (AvgIpc) is 2.83. The topological polar surface area (TPSA) is 95.9 Å². The molecule has 182 valence electrons. The summed E-state index contributed by atoms with van der Waals surface area (Å²) in [5, 5.41) is 12.2. The molecule has 1 atom stereocenters. The van der Waals surface area contributed by atoms with Crippen molar-refractivity contribution in [1.82, 2.24) is 5.32 Å². The summed E-state index contributed by atoms with van der Waals surface area (Å²) >= 11 is 0. The third kappa shape index (κ3) is 6.83. The highest BCUT2D eigenvalue weighted by Crippen LogP contribution is 2.31. The summed E-state index contributed by atoms with van der Waals surface area (Å²) in [6, 6.07) is 13.8. The first-order chi connectivity index (χ1) is 16.4. The molecule has 0 radical (unpaired) electrons. The molecule has 0 saturated heterocycles. The van der Waals surface area contributed by atoms with Gasteiger partial charge < -0.3 is 15.2 Å². The predicted octanol–water partition coefficient (Wildman–Crippen LogP) is 4.78. The molecule has 2 aromatic carbocycles. The molecule has 1 aliphatic rings. The molecule has 0 aliphatic heterocycles. The van der Waals surface area contributed by atoms with Crippen molar-refractivity contribution in [2.75, 3.05) is 12.0 Å². The number of hydrogen-bond acceptors (Lipinski definition) is 4. The molecule has 7 nitrogen and oxygen atoms in total. The number of benzene rings is 2. The normalized spacial score (nSPS) is 14.8. The maximum absolute atomic E-state index is 13.7. The Labute approximate surface area is 201 Å². The van der Waals surface area contributed by atoms with Gasteiger partial charge in [-0.1, -0.05) is 49.1 Å². The van der Waals surface area contributed by atoms with Crippen LogP contribution in [-0.4, -0.2) is 36.0 Å². The van der Waals surface area contributed by atoms with E-state index in [4.69, 9.17) is 9.84 Å². The van der Waals surface area contributed by atoms with E-state index in [1.165, 1.54) is 11.3 Å². The molecule has 0 spiro atoms. The fourth-order valence-electron chi connectivity index (χ4n) is 4.38. The molecular weight excluding hydrogens is 432 g/mol. The summed E-state index contributed by atoms with van der Waals surface area (Å²) in [5.41, 5.74) is 2.32. The van der Waals surface area contributed by atoms with Gasteiger partial charge in [-0.3, -0.25) is 19.3 Å². The van der Waals surface area contributed by atoms with E-state index >= 15 is 0 Å². The Morgan fingerprint density at radius 2 is 1.65 bits per heavy atom. The van der Waals surface area contributed by atoms with E-state index in [1.807, 2.05) is 31.2 Å². The lowest BCUT2D eigenvalue weighted by Crippen LogP contribution is -2.47. The highest BCUT2D eigenvalue weighted by Gasteiger charge is 2.34. The van der Waals surface area contributed by atoms with Crippen LogP contribution < -0.4 is 15.0 Å². The third-order valence-corrected chi connectivity index (χ3v) is 6.25. The Morgan fingerprint density at radius 1 is 1.00 bits per heavy atom. The number of carboxylic acid groups (broad SMARTS) is 1. The Balaban J connectivity index is 1.99. The van der Waals surface area contributed by atoms with E-state index in [1.54, 1.807) is 31.4 Å². The van der Waals surface area contributed by atoms with Crippen LogP contribution in [0.3, 0.4) is 0 Å². The predicted molar refractivity (Wildman–Crippen MR) is 131 cm³/mol. The minimum absolute atomic E-state index is 0.0252. The van der Waals surface area contributed by atoms with Crippen molar-refractivity contribution in [1.29, 1.82) is 0 Å². The number of nitrogens with one attached hydrogen (secondary N) is 1. The molecule has 0 bridgehead atoms.